The smallest absolute Gasteiger partial charge is 0.259 e. The van der Waals surface area contributed by atoms with E-state index in [1.54, 1.807) is 24.5 Å². The fraction of sp³-hybridized carbons (Fsp3) is 0.0769. The van der Waals surface area contributed by atoms with Crippen LogP contribution in [0.15, 0.2) is 35.5 Å². The van der Waals surface area contributed by atoms with E-state index in [4.69, 9.17) is 10.5 Å². The highest BCUT2D eigenvalue weighted by Crippen LogP contribution is 2.23. The Morgan fingerprint density at radius 2 is 2.10 bits per heavy atom. The minimum atomic E-state index is -0.268. The summed E-state index contributed by atoms with van der Waals surface area (Å²) in [4.78, 5) is 26.8. The van der Waals surface area contributed by atoms with Crippen LogP contribution in [0.5, 0.6) is 5.88 Å². The summed E-state index contributed by atoms with van der Waals surface area (Å²) in [6.45, 7) is 0. The topological polar surface area (TPSA) is 107 Å². The number of nitrogens with two attached hydrogens (primary N) is 1. The number of aromatic nitrogens is 4. The zero-order valence-corrected chi connectivity index (χ0v) is 10.6. The highest BCUT2D eigenvalue weighted by atomic mass is 16.5. The van der Waals surface area contributed by atoms with E-state index >= 15 is 0 Å². The van der Waals surface area contributed by atoms with Gasteiger partial charge in [0.25, 0.3) is 5.56 Å². The average molecular weight is 269 g/mol. The zero-order chi connectivity index (χ0) is 14.1. The fourth-order valence-corrected chi connectivity index (χ4v) is 1.94. The molecule has 0 radical (unpaired) electrons. The van der Waals surface area contributed by atoms with Crippen LogP contribution in [0.2, 0.25) is 0 Å². The normalized spacial score (nSPS) is 10.7. The third-order valence-electron chi connectivity index (χ3n) is 2.87. The van der Waals surface area contributed by atoms with Crippen LogP contribution in [0.3, 0.4) is 0 Å². The van der Waals surface area contributed by atoms with Gasteiger partial charge in [0.1, 0.15) is 11.5 Å². The van der Waals surface area contributed by atoms with Gasteiger partial charge in [0, 0.05) is 6.20 Å². The first-order chi connectivity index (χ1) is 9.69. The molecule has 3 aromatic rings. The van der Waals surface area contributed by atoms with Gasteiger partial charge in [-0.25, -0.2) is 9.97 Å². The van der Waals surface area contributed by atoms with Crippen molar-refractivity contribution in [2.45, 2.75) is 0 Å². The van der Waals surface area contributed by atoms with Crippen molar-refractivity contribution in [1.29, 1.82) is 0 Å². The molecule has 7 nitrogen and oxygen atoms in total. The number of methoxy groups -OCH3 is 1. The molecule has 7 heteroatoms. The summed E-state index contributed by atoms with van der Waals surface area (Å²) in [6, 6.07) is 3.50. The number of hydrogen-bond donors (Lipinski definition) is 2. The van der Waals surface area contributed by atoms with E-state index in [2.05, 4.69) is 19.9 Å². The third kappa shape index (κ3) is 1.95. The molecule has 0 unspecified atom stereocenters. The predicted molar refractivity (Wildman–Crippen MR) is 74.4 cm³/mol. The number of fused-ring (bicyclic) bond motifs is 1. The first kappa shape index (κ1) is 12.1. The summed E-state index contributed by atoms with van der Waals surface area (Å²) in [7, 11) is 1.51. The van der Waals surface area contributed by atoms with Crippen LogP contribution < -0.4 is 16.0 Å². The van der Waals surface area contributed by atoms with Crippen LogP contribution in [0.4, 0.5) is 5.82 Å². The maximum Gasteiger partial charge on any atom is 0.259 e. The molecule has 0 aliphatic heterocycles. The molecular formula is C13H11N5O2. The molecule has 0 spiro atoms. The molecule has 0 saturated heterocycles. The van der Waals surface area contributed by atoms with Crippen molar-refractivity contribution in [1.82, 2.24) is 19.9 Å². The van der Waals surface area contributed by atoms with E-state index in [0.717, 1.165) is 0 Å². The molecule has 0 aromatic carbocycles. The fourth-order valence-electron chi connectivity index (χ4n) is 1.94. The van der Waals surface area contributed by atoms with E-state index < -0.39 is 0 Å². The number of aromatic amines is 1. The molecule has 20 heavy (non-hydrogen) atoms. The van der Waals surface area contributed by atoms with Crippen molar-refractivity contribution < 1.29 is 4.74 Å². The number of anilines is 1. The third-order valence-corrected chi connectivity index (χ3v) is 2.87. The molecule has 0 aliphatic rings. The van der Waals surface area contributed by atoms with Gasteiger partial charge in [-0.2, -0.15) is 0 Å². The molecule has 3 N–H and O–H groups in total. The van der Waals surface area contributed by atoms with Crippen molar-refractivity contribution in [3.8, 4) is 17.3 Å². The largest absolute Gasteiger partial charge is 0.480 e. The average Bonchev–Trinajstić information content (AvgIpc) is 2.47. The summed E-state index contributed by atoms with van der Waals surface area (Å²) >= 11 is 0. The predicted octanol–water partition coefficient (Wildman–Crippen LogP) is 0.971. The van der Waals surface area contributed by atoms with Gasteiger partial charge in [0.2, 0.25) is 5.88 Å². The molecule has 0 saturated carbocycles. The van der Waals surface area contributed by atoms with Gasteiger partial charge in [-0.15, -0.1) is 0 Å². The minimum Gasteiger partial charge on any atom is -0.480 e. The Balaban J connectivity index is 2.25. The van der Waals surface area contributed by atoms with Gasteiger partial charge >= 0.3 is 0 Å². The molecule has 100 valence electrons. The number of H-pyrrole nitrogens is 1. The molecule has 0 amide bonds. The monoisotopic (exact) mass is 269 g/mol. The molecule has 0 aliphatic carbocycles. The van der Waals surface area contributed by atoms with Gasteiger partial charge in [-0.1, -0.05) is 0 Å². The molecule has 3 rings (SSSR count). The van der Waals surface area contributed by atoms with E-state index in [1.165, 1.54) is 13.3 Å². The van der Waals surface area contributed by atoms with Gasteiger partial charge in [-0.05, 0) is 17.5 Å². The van der Waals surface area contributed by atoms with Crippen molar-refractivity contribution >= 4 is 16.6 Å². The van der Waals surface area contributed by atoms with Crippen LogP contribution in [0, 0.1) is 0 Å². The second kappa shape index (κ2) is 4.61. The Morgan fingerprint density at radius 1 is 1.25 bits per heavy atom. The Kier molecular flexibility index (Phi) is 2.79. The molecular weight excluding hydrogens is 258 g/mol. The minimum absolute atomic E-state index is 0.156. The number of rotatable bonds is 2. The highest BCUT2D eigenvalue weighted by molar-refractivity contribution is 5.92. The lowest BCUT2D eigenvalue weighted by atomic mass is 10.1. The second-order valence-corrected chi connectivity index (χ2v) is 4.11. The maximum atomic E-state index is 11.7. The lowest BCUT2D eigenvalue weighted by molar-refractivity contribution is 0.396. The quantitative estimate of drug-likeness (QED) is 0.718. The summed E-state index contributed by atoms with van der Waals surface area (Å²) in [5.41, 5.74) is 6.65. The Hall–Kier alpha value is -2.96. The number of nitrogen functional groups attached to an aromatic ring is 1. The zero-order valence-electron chi connectivity index (χ0n) is 10.6. The Morgan fingerprint density at radius 3 is 2.90 bits per heavy atom. The summed E-state index contributed by atoms with van der Waals surface area (Å²) in [5.74, 6) is 0.540. The van der Waals surface area contributed by atoms with Crippen LogP contribution in [-0.2, 0) is 0 Å². The molecule has 0 atom stereocenters. The highest BCUT2D eigenvalue weighted by Gasteiger charge is 2.10. The summed E-state index contributed by atoms with van der Waals surface area (Å²) in [5, 5.41) is 1.06. The number of nitrogens with one attached hydrogen (secondary N) is 1. The number of ether oxygens (including phenoxy) is 1. The van der Waals surface area contributed by atoms with Gasteiger partial charge < -0.3 is 15.5 Å². The SMILES string of the molecule is COc1cncc(-c2cc3cc[nH]c(=O)c3c(N)n2)n1. The lowest BCUT2D eigenvalue weighted by Crippen LogP contribution is -2.09. The molecule has 0 fully saturated rings. The maximum absolute atomic E-state index is 11.7. The summed E-state index contributed by atoms with van der Waals surface area (Å²) < 4.78 is 5.03. The van der Waals surface area contributed by atoms with Crippen LogP contribution in [-0.4, -0.2) is 27.0 Å². The molecule has 3 aromatic heterocycles. The van der Waals surface area contributed by atoms with Crippen LogP contribution in [0.25, 0.3) is 22.2 Å². The standard InChI is InChI=1S/C13H11N5O2/c1-20-10-6-15-5-9(17-10)8-4-7-2-3-16-13(19)11(7)12(14)18-8/h2-6H,1H3,(H2,14,18)(H,16,19). The van der Waals surface area contributed by atoms with E-state index in [-0.39, 0.29) is 11.4 Å². The van der Waals surface area contributed by atoms with Gasteiger partial charge in [0.05, 0.1) is 30.6 Å². The van der Waals surface area contributed by atoms with Crippen LogP contribution in [0.1, 0.15) is 0 Å². The van der Waals surface area contributed by atoms with Crippen molar-refractivity contribution in [3.63, 3.8) is 0 Å². The molecule has 3 heterocycles. The first-order valence-electron chi connectivity index (χ1n) is 5.83. The van der Waals surface area contributed by atoms with Crippen molar-refractivity contribution in [2.75, 3.05) is 12.8 Å². The lowest BCUT2D eigenvalue weighted by Gasteiger charge is -2.06. The number of pyridine rings is 2. The molecule has 0 bridgehead atoms. The van der Waals surface area contributed by atoms with Crippen molar-refractivity contribution in [3.05, 3.63) is 41.1 Å². The van der Waals surface area contributed by atoms with Gasteiger partial charge in [-0.3, -0.25) is 9.78 Å². The van der Waals surface area contributed by atoms with E-state index in [1.807, 2.05) is 0 Å². The number of nitrogens with zero attached hydrogens (tertiary/aromatic N) is 3. The Bertz CT molecular complexity index is 844. The van der Waals surface area contributed by atoms with E-state index in [9.17, 15) is 4.79 Å². The van der Waals surface area contributed by atoms with Crippen LogP contribution >= 0.6 is 0 Å². The second-order valence-electron chi connectivity index (χ2n) is 4.11. The first-order valence-corrected chi connectivity index (χ1v) is 5.83. The van der Waals surface area contributed by atoms with Crippen molar-refractivity contribution in [2.24, 2.45) is 0 Å². The summed E-state index contributed by atoms with van der Waals surface area (Å²) in [6.07, 6.45) is 4.62. The van der Waals surface area contributed by atoms with E-state index in [0.29, 0.717) is 28.0 Å². The Labute approximate surface area is 113 Å². The van der Waals surface area contributed by atoms with Gasteiger partial charge in [0.15, 0.2) is 0 Å². The number of hydrogen-bond acceptors (Lipinski definition) is 6.